The quantitative estimate of drug-likeness (QED) is 0.795. The van der Waals surface area contributed by atoms with E-state index in [2.05, 4.69) is 0 Å². The van der Waals surface area contributed by atoms with E-state index < -0.39 is 0 Å². The van der Waals surface area contributed by atoms with Crippen LogP contribution in [0.15, 0.2) is 24.3 Å². The molecule has 0 spiro atoms. The van der Waals surface area contributed by atoms with E-state index in [0.717, 1.165) is 37.8 Å². The van der Waals surface area contributed by atoms with Crippen LogP contribution < -0.4 is 0 Å². The van der Waals surface area contributed by atoms with Crippen molar-refractivity contribution >= 4 is 23.5 Å². The molecule has 0 N–H and O–H groups in total. The SMILES string of the molecule is CCOC(=O)C12CC(N3CCC(c4ccc(Cl)cc4)C3=O)(C1)C2. The van der Waals surface area contributed by atoms with Crippen LogP contribution in [-0.4, -0.2) is 35.5 Å². The molecule has 1 amide bonds. The maximum absolute atomic E-state index is 12.8. The van der Waals surface area contributed by atoms with Crippen LogP contribution in [0.1, 0.15) is 44.1 Å². The van der Waals surface area contributed by atoms with Gasteiger partial charge in [0.05, 0.1) is 17.9 Å². The van der Waals surface area contributed by atoms with Gasteiger partial charge in [0.1, 0.15) is 0 Å². The summed E-state index contributed by atoms with van der Waals surface area (Å²) in [6, 6.07) is 7.56. The molecule has 23 heavy (non-hydrogen) atoms. The zero-order valence-electron chi connectivity index (χ0n) is 13.2. The number of hydrogen-bond acceptors (Lipinski definition) is 3. The second-order valence-electron chi connectivity index (χ2n) is 7.14. The predicted octanol–water partition coefficient (Wildman–Crippen LogP) is 3.14. The minimum absolute atomic E-state index is 0.0696. The van der Waals surface area contributed by atoms with Gasteiger partial charge in [-0.1, -0.05) is 23.7 Å². The van der Waals surface area contributed by atoms with Gasteiger partial charge < -0.3 is 9.64 Å². The van der Waals surface area contributed by atoms with Gasteiger partial charge in [-0.05, 0) is 50.3 Å². The average molecular weight is 334 g/mol. The zero-order valence-corrected chi connectivity index (χ0v) is 13.9. The first kappa shape index (κ1) is 15.0. The summed E-state index contributed by atoms with van der Waals surface area (Å²) in [5.41, 5.74) is 0.660. The Morgan fingerprint density at radius 2 is 1.96 bits per heavy atom. The second-order valence-corrected chi connectivity index (χ2v) is 7.57. The summed E-state index contributed by atoms with van der Waals surface area (Å²) in [7, 11) is 0. The van der Waals surface area contributed by atoms with Crippen molar-refractivity contribution in [2.45, 2.75) is 44.1 Å². The fourth-order valence-electron chi connectivity index (χ4n) is 4.68. The van der Waals surface area contributed by atoms with Crippen LogP contribution in [0.2, 0.25) is 5.02 Å². The second kappa shape index (κ2) is 4.97. The van der Waals surface area contributed by atoms with E-state index in [-0.39, 0.29) is 28.7 Å². The molecule has 1 saturated heterocycles. The van der Waals surface area contributed by atoms with Gasteiger partial charge >= 0.3 is 5.97 Å². The number of carbonyl (C=O) groups excluding carboxylic acids is 2. The molecule has 0 aromatic heterocycles. The van der Waals surface area contributed by atoms with Crippen LogP contribution in [0.4, 0.5) is 0 Å². The Kier molecular flexibility index (Phi) is 3.24. The molecule has 122 valence electrons. The number of likely N-dealkylation sites (tertiary alicyclic amines) is 1. The molecule has 4 aliphatic rings. The topological polar surface area (TPSA) is 46.6 Å². The highest BCUT2D eigenvalue weighted by Crippen LogP contribution is 2.71. The minimum Gasteiger partial charge on any atom is -0.466 e. The number of ether oxygens (including phenoxy) is 1. The fraction of sp³-hybridized carbons (Fsp3) is 0.556. The highest BCUT2D eigenvalue weighted by molar-refractivity contribution is 6.30. The van der Waals surface area contributed by atoms with E-state index in [0.29, 0.717) is 11.6 Å². The highest BCUT2D eigenvalue weighted by Gasteiger charge is 2.75. The van der Waals surface area contributed by atoms with Gasteiger partial charge in [0.25, 0.3) is 0 Å². The van der Waals surface area contributed by atoms with E-state index in [1.807, 2.05) is 36.1 Å². The van der Waals surface area contributed by atoms with Crippen LogP contribution in [0.3, 0.4) is 0 Å². The molecule has 1 aromatic carbocycles. The molecule has 1 atom stereocenters. The first-order valence-electron chi connectivity index (χ1n) is 8.24. The number of carbonyl (C=O) groups is 2. The van der Waals surface area contributed by atoms with Gasteiger partial charge in [0.2, 0.25) is 5.91 Å². The number of nitrogens with zero attached hydrogens (tertiary/aromatic N) is 1. The summed E-state index contributed by atoms with van der Waals surface area (Å²) < 4.78 is 5.17. The Bertz CT molecular complexity index is 650. The Morgan fingerprint density at radius 1 is 1.30 bits per heavy atom. The molecular weight excluding hydrogens is 314 g/mol. The molecular formula is C18H20ClNO3. The van der Waals surface area contributed by atoms with Crippen molar-refractivity contribution in [3.63, 3.8) is 0 Å². The Morgan fingerprint density at radius 3 is 2.57 bits per heavy atom. The fourth-order valence-corrected chi connectivity index (χ4v) is 4.80. The van der Waals surface area contributed by atoms with Crippen molar-refractivity contribution in [2.75, 3.05) is 13.2 Å². The number of benzene rings is 1. The molecule has 2 bridgehead atoms. The third-order valence-corrected chi connectivity index (χ3v) is 6.01. The van der Waals surface area contributed by atoms with E-state index in [1.54, 1.807) is 0 Å². The number of hydrogen-bond donors (Lipinski definition) is 0. The smallest absolute Gasteiger partial charge is 0.312 e. The lowest BCUT2D eigenvalue weighted by Gasteiger charge is -2.71. The van der Waals surface area contributed by atoms with Gasteiger partial charge in [0, 0.05) is 17.1 Å². The largest absolute Gasteiger partial charge is 0.466 e. The lowest BCUT2D eigenvalue weighted by atomic mass is 9.38. The molecule has 5 heteroatoms. The summed E-state index contributed by atoms with van der Waals surface area (Å²) in [5, 5.41) is 0.687. The van der Waals surface area contributed by atoms with Crippen molar-refractivity contribution in [1.29, 1.82) is 0 Å². The van der Waals surface area contributed by atoms with Crippen LogP contribution in [0, 0.1) is 5.41 Å². The van der Waals surface area contributed by atoms with Gasteiger partial charge in [0.15, 0.2) is 0 Å². The summed E-state index contributed by atoms with van der Waals surface area (Å²) >= 11 is 5.93. The Hall–Kier alpha value is -1.55. The molecule has 3 aliphatic carbocycles. The molecule has 1 aliphatic heterocycles. The van der Waals surface area contributed by atoms with Crippen molar-refractivity contribution in [1.82, 2.24) is 4.90 Å². The number of esters is 1. The van der Waals surface area contributed by atoms with Gasteiger partial charge in [-0.2, -0.15) is 0 Å². The third-order valence-electron chi connectivity index (χ3n) is 5.76. The van der Waals surface area contributed by atoms with Crippen molar-refractivity contribution < 1.29 is 14.3 Å². The third kappa shape index (κ3) is 2.04. The number of rotatable bonds is 4. The lowest BCUT2D eigenvalue weighted by Crippen LogP contribution is -2.77. The van der Waals surface area contributed by atoms with Gasteiger partial charge in [-0.3, -0.25) is 9.59 Å². The molecule has 1 unspecified atom stereocenters. The predicted molar refractivity (Wildman–Crippen MR) is 86.2 cm³/mol. The molecule has 0 radical (unpaired) electrons. The maximum atomic E-state index is 12.8. The Balaban J connectivity index is 1.45. The molecule has 5 rings (SSSR count). The van der Waals surface area contributed by atoms with Crippen LogP contribution in [0.25, 0.3) is 0 Å². The monoisotopic (exact) mass is 333 g/mol. The first-order chi connectivity index (χ1) is 11.0. The minimum atomic E-state index is -0.297. The molecule has 1 aromatic rings. The summed E-state index contributed by atoms with van der Waals surface area (Å²) in [6.07, 6.45) is 3.17. The maximum Gasteiger partial charge on any atom is 0.312 e. The summed E-state index contributed by atoms with van der Waals surface area (Å²) in [4.78, 5) is 26.9. The molecule has 4 fully saturated rings. The van der Waals surface area contributed by atoms with E-state index >= 15 is 0 Å². The lowest BCUT2D eigenvalue weighted by molar-refractivity contribution is -0.231. The molecule has 3 saturated carbocycles. The van der Waals surface area contributed by atoms with Crippen molar-refractivity contribution in [3.05, 3.63) is 34.9 Å². The number of amides is 1. The van der Waals surface area contributed by atoms with Crippen molar-refractivity contribution in [2.24, 2.45) is 5.41 Å². The van der Waals surface area contributed by atoms with Crippen LogP contribution in [0.5, 0.6) is 0 Å². The Labute approximate surface area is 140 Å². The van der Waals surface area contributed by atoms with E-state index in [9.17, 15) is 9.59 Å². The van der Waals surface area contributed by atoms with E-state index in [4.69, 9.17) is 16.3 Å². The van der Waals surface area contributed by atoms with Crippen molar-refractivity contribution in [3.8, 4) is 0 Å². The van der Waals surface area contributed by atoms with Crippen LogP contribution >= 0.6 is 11.6 Å². The molecule has 1 heterocycles. The van der Waals surface area contributed by atoms with E-state index in [1.165, 1.54) is 0 Å². The zero-order chi connectivity index (χ0) is 16.2. The first-order valence-corrected chi connectivity index (χ1v) is 8.62. The molecule has 4 nitrogen and oxygen atoms in total. The standard InChI is InChI=1S/C18H20ClNO3/c1-2-23-16(22)17-9-18(10-17,11-17)20-8-7-14(15(20)21)12-3-5-13(19)6-4-12/h3-6,14H,2,7-11H2,1H3. The summed E-state index contributed by atoms with van der Waals surface area (Å²) in [5.74, 6) is 0.0482. The van der Waals surface area contributed by atoms with Gasteiger partial charge in [-0.25, -0.2) is 0 Å². The van der Waals surface area contributed by atoms with Gasteiger partial charge in [-0.15, -0.1) is 0 Å². The normalized spacial score (nSPS) is 34.8. The average Bonchev–Trinajstić information content (AvgIpc) is 2.80. The number of halogens is 1. The van der Waals surface area contributed by atoms with Crippen LogP contribution in [-0.2, 0) is 14.3 Å². The summed E-state index contributed by atoms with van der Waals surface area (Å²) in [6.45, 7) is 3.04. The highest BCUT2D eigenvalue weighted by atomic mass is 35.5.